The maximum absolute atomic E-state index is 10.1. The van der Waals surface area contributed by atoms with E-state index < -0.39 is 0 Å². The molecular formula is C23H19N3O2. The molecule has 0 aliphatic heterocycles. The van der Waals surface area contributed by atoms with Gasteiger partial charge < -0.3 is 10.2 Å². The summed E-state index contributed by atoms with van der Waals surface area (Å²) in [5, 5.41) is 22.0. The van der Waals surface area contributed by atoms with Crippen LogP contribution in [0.1, 0.15) is 11.1 Å². The third-order valence-corrected chi connectivity index (χ3v) is 4.78. The average Bonchev–Trinajstić information content (AvgIpc) is 2.73. The number of hydrogen-bond acceptors (Lipinski definition) is 5. The Kier molecular flexibility index (Phi) is 4.79. The lowest BCUT2D eigenvalue weighted by atomic mass is 10.0. The van der Waals surface area contributed by atoms with Crippen LogP contribution in [0.3, 0.4) is 0 Å². The topological polar surface area (TPSA) is 69.5 Å². The lowest BCUT2D eigenvalue weighted by Crippen LogP contribution is -2.23. The Labute approximate surface area is 162 Å². The molecule has 4 rings (SSSR count). The molecule has 0 aliphatic rings. The van der Waals surface area contributed by atoms with Gasteiger partial charge in [-0.15, -0.1) is 6.42 Å². The minimum Gasteiger partial charge on any atom is -0.506 e. The molecule has 0 fully saturated rings. The van der Waals surface area contributed by atoms with E-state index in [1.54, 1.807) is 24.5 Å². The van der Waals surface area contributed by atoms with Crippen molar-refractivity contribution in [3.05, 3.63) is 72.1 Å². The van der Waals surface area contributed by atoms with Gasteiger partial charge in [-0.25, -0.2) is 0 Å². The van der Waals surface area contributed by atoms with Crippen LogP contribution in [0.5, 0.6) is 11.5 Å². The number of fused-ring (bicyclic) bond motifs is 2. The molecule has 2 aromatic heterocycles. The Morgan fingerprint density at radius 2 is 1.29 bits per heavy atom. The maximum Gasteiger partial charge on any atom is 0.141 e. The molecule has 5 nitrogen and oxygen atoms in total. The van der Waals surface area contributed by atoms with E-state index in [0.717, 1.165) is 21.9 Å². The highest BCUT2D eigenvalue weighted by molar-refractivity contribution is 5.88. The van der Waals surface area contributed by atoms with Gasteiger partial charge in [-0.1, -0.05) is 30.2 Å². The van der Waals surface area contributed by atoms with Crippen LogP contribution in [-0.2, 0) is 13.1 Å². The van der Waals surface area contributed by atoms with Gasteiger partial charge in [0.1, 0.15) is 22.5 Å². The average molecular weight is 369 g/mol. The van der Waals surface area contributed by atoms with Gasteiger partial charge in [0.2, 0.25) is 0 Å². The van der Waals surface area contributed by atoms with E-state index in [9.17, 15) is 10.2 Å². The SMILES string of the molecule is C#CCN(Cc1ccc(O)c2ncccc12)Cc1ccc(O)c2ncccc12. The number of benzene rings is 2. The predicted octanol–water partition coefficient (Wildman–Crippen LogP) is 3.83. The van der Waals surface area contributed by atoms with Crippen LogP contribution >= 0.6 is 0 Å². The Balaban J connectivity index is 1.70. The Hall–Kier alpha value is -3.62. The molecule has 0 saturated heterocycles. The van der Waals surface area contributed by atoms with Crippen LogP contribution < -0.4 is 0 Å². The van der Waals surface area contributed by atoms with E-state index >= 15 is 0 Å². The van der Waals surface area contributed by atoms with Gasteiger partial charge >= 0.3 is 0 Å². The molecule has 0 unspecified atom stereocenters. The van der Waals surface area contributed by atoms with Crippen molar-refractivity contribution >= 4 is 21.8 Å². The molecule has 138 valence electrons. The molecule has 28 heavy (non-hydrogen) atoms. The van der Waals surface area contributed by atoms with Crippen LogP contribution in [0.4, 0.5) is 0 Å². The van der Waals surface area contributed by atoms with Crippen molar-refractivity contribution in [3.63, 3.8) is 0 Å². The Bertz CT molecular complexity index is 1110. The van der Waals surface area contributed by atoms with Crippen molar-refractivity contribution in [2.45, 2.75) is 13.1 Å². The summed E-state index contributed by atoms with van der Waals surface area (Å²) < 4.78 is 0. The highest BCUT2D eigenvalue weighted by Crippen LogP contribution is 2.29. The van der Waals surface area contributed by atoms with Gasteiger partial charge in [0.25, 0.3) is 0 Å². The number of rotatable bonds is 5. The van der Waals surface area contributed by atoms with Crippen molar-refractivity contribution < 1.29 is 10.2 Å². The summed E-state index contributed by atoms with van der Waals surface area (Å²) >= 11 is 0. The number of nitrogens with zero attached hydrogens (tertiary/aromatic N) is 3. The number of aromatic nitrogens is 2. The zero-order valence-electron chi connectivity index (χ0n) is 15.2. The predicted molar refractivity (Wildman–Crippen MR) is 110 cm³/mol. The minimum absolute atomic E-state index is 0.165. The summed E-state index contributed by atoms with van der Waals surface area (Å²) in [6, 6.07) is 14.7. The second-order valence-corrected chi connectivity index (χ2v) is 6.64. The molecule has 0 radical (unpaired) electrons. The first-order chi connectivity index (χ1) is 13.7. The van der Waals surface area contributed by atoms with Crippen LogP contribution in [0.15, 0.2) is 60.9 Å². The minimum atomic E-state index is 0.165. The molecule has 0 aliphatic carbocycles. The molecule has 2 aromatic carbocycles. The molecule has 0 saturated carbocycles. The molecule has 2 heterocycles. The quantitative estimate of drug-likeness (QED) is 0.523. The molecule has 0 atom stereocenters. The van der Waals surface area contributed by atoms with Crippen molar-refractivity contribution in [2.24, 2.45) is 0 Å². The fourth-order valence-corrected chi connectivity index (χ4v) is 3.49. The van der Waals surface area contributed by atoms with E-state index in [1.165, 1.54) is 0 Å². The molecule has 0 bridgehead atoms. The lowest BCUT2D eigenvalue weighted by molar-refractivity contribution is 0.292. The Morgan fingerprint density at radius 3 is 1.75 bits per heavy atom. The number of phenolic OH excluding ortho intramolecular Hbond substituents is 2. The molecule has 2 N–H and O–H groups in total. The normalized spacial score (nSPS) is 11.1. The van der Waals surface area contributed by atoms with Crippen molar-refractivity contribution in [3.8, 4) is 23.8 Å². The van der Waals surface area contributed by atoms with Crippen LogP contribution in [0.25, 0.3) is 21.8 Å². The largest absolute Gasteiger partial charge is 0.506 e. The zero-order valence-corrected chi connectivity index (χ0v) is 15.2. The zero-order chi connectivity index (χ0) is 19.5. The second-order valence-electron chi connectivity index (χ2n) is 6.64. The summed E-state index contributed by atoms with van der Waals surface area (Å²) in [5.74, 6) is 3.05. The first-order valence-electron chi connectivity index (χ1n) is 8.94. The van der Waals surface area contributed by atoms with Gasteiger partial charge in [0, 0.05) is 36.3 Å². The van der Waals surface area contributed by atoms with Crippen molar-refractivity contribution in [1.29, 1.82) is 0 Å². The van der Waals surface area contributed by atoms with Crippen LogP contribution in [0, 0.1) is 12.3 Å². The van der Waals surface area contributed by atoms with Crippen LogP contribution in [-0.4, -0.2) is 31.6 Å². The summed E-state index contributed by atoms with van der Waals surface area (Å²) in [6.45, 7) is 1.68. The van der Waals surface area contributed by atoms with E-state index in [4.69, 9.17) is 6.42 Å². The molecule has 0 amide bonds. The molecular weight excluding hydrogens is 350 g/mol. The number of phenols is 2. The van der Waals surface area contributed by atoms with Crippen molar-refractivity contribution in [2.75, 3.05) is 6.54 Å². The highest BCUT2D eigenvalue weighted by atomic mass is 16.3. The lowest BCUT2D eigenvalue weighted by Gasteiger charge is -2.22. The number of pyridine rings is 2. The van der Waals surface area contributed by atoms with Gasteiger partial charge in [-0.2, -0.15) is 0 Å². The summed E-state index contributed by atoms with van der Waals surface area (Å²) in [7, 11) is 0. The summed E-state index contributed by atoms with van der Waals surface area (Å²) in [5.41, 5.74) is 3.24. The summed E-state index contributed by atoms with van der Waals surface area (Å²) in [6.07, 6.45) is 8.95. The first kappa shape index (κ1) is 17.8. The van der Waals surface area contributed by atoms with Gasteiger partial charge in [-0.3, -0.25) is 14.9 Å². The fraction of sp³-hybridized carbons (Fsp3) is 0.130. The number of hydrogen-bond donors (Lipinski definition) is 2. The molecule has 4 aromatic rings. The van der Waals surface area contributed by atoms with E-state index in [-0.39, 0.29) is 11.5 Å². The number of aromatic hydroxyl groups is 2. The highest BCUT2D eigenvalue weighted by Gasteiger charge is 2.13. The van der Waals surface area contributed by atoms with E-state index in [0.29, 0.717) is 30.7 Å². The van der Waals surface area contributed by atoms with Gasteiger partial charge in [-0.05, 0) is 35.4 Å². The Morgan fingerprint density at radius 1 is 0.786 bits per heavy atom. The maximum atomic E-state index is 10.1. The third-order valence-electron chi connectivity index (χ3n) is 4.78. The van der Waals surface area contributed by atoms with Crippen LogP contribution in [0.2, 0.25) is 0 Å². The van der Waals surface area contributed by atoms with E-state index in [1.807, 2.05) is 36.4 Å². The fourth-order valence-electron chi connectivity index (χ4n) is 3.49. The standard InChI is InChI=1S/C23H19N3O2/c1-2-13-26(14-16-7-9-20(27)22-18(16)5-3-11-24-22)15-17-8-10-21(28)23-19(17)6-4-12-25-23/h1,3-12,27-28H,13-15H2. The number of terminal acetylenes is 1. The molecule has 5 heteroatoms. The summed E-state index contributed by atoms with van der Waals surface area (Å²) in [4.78, 5) is 10.7. The van der Waals surface area contributed by atoms with Gasteiger partial charge in [0.05, 0.1) is 6.54 Å². The third kappa shape index (κ3) is 3.34. The smallest absolute Gasteiger partial charge is 0.141 e. The monoisotopic (exact) mass is 369 g/mol. The molecule has 0 spiro atoms. The second kappa shape index (κ2) is 7.55. The van der Waals surface area contributed by atoms with E-state index in [2.05, 4.69) is 20.8 Å². The van der Waals surface area contributed by atoms with Gasteiger partial charge in [0.15, 0.2) is 0 Å². The first-order valence-corrected chi connectivity index (χ1v) is 8.94. The van der Waals surface area contributed by atoms with Crippen molar-refractivity contribution in [1.82, 2.24) is 14.9 Å².